The van der Waals surface area contributed by atoms with E-state index in [0.717, 1.165) is 33.2 Å². The van der Waals surface area contributed by atoms with Crippen LogP contribution in [0.4, 0.5) is 5.69 Å². The molecule has 2 atom stereocenters. The molecule has 6 heteroatoms. The largest absolute Gasteiger partial charge is 0.379 e. The first kappa shape index (κ1) is 16.9. The molecule has 116 valence electrons. The molecule has 1 aromatic rings. The fraction of sp³-hybridized carbons (Fsp3) is 0.533. The van der Waals surface area contributed by atoms with Gasteiger partial charge < -0.3 is 15.4 Å². The molecule has 0 aliphatic carbocycles. The summed E-state index contributed by atoms with van der Waals surface area (Å²) in [4.78, 5) is 12.5. The second kappa shape index (κ2) is 7.72. The summed E-state index contributed by atoms with van der Waals surface area (Å²) in [5.74, 6) is -0.164. The maximum absolute atomic E-state index is 12.5. The van der Waals surface area contributed by atoms with Crippen molar-refractivity contribution in [3.05, 3.63) is 26.6 Å². The molecule has 0 spiro atoms. The van der Waals surface area contributed by atoms with Crippen molar-refractivity contribution in [1.82, 2.24) is 5.32 Å². The van der Waals surface area contributed by atoms with Crippen LogP contribution in [0.25, 0.3) is 0 Å². The van der Waals surface area contributed by atoms with E-state index in [1.807, 2.05) is 19.1 Å². The average Bonchev–Trinajstić information content (AvgIpc) is 2.88. The van der Waals surface area contributed by atoms with Gasteiger partial charge in [0, 0.05) is 15.0 Å². The zero-order chi connectivity index (χ0) is 15.4. The van der Waals surface area contributed by atoms with Crippen molar-refractivity contribution in [2.75, 3.05) is 25.1 Å². The summed E-state index contributed by atoms with van der Waals surface area (Å²) in [5, 5.41) is 6.38. The van der Waals surface area contributed by atoms with Crippen molar-refractivity contribution in [2.24, 2.45) is 5.92 Å². The molecule has 1 amide bonds. The zero-order valence-corrected chi connectivity index (χ0v) is 15.4. The Hall–Kier alpha value is -0.430. The van der Waals surface area contributed by atoms with E-state index in [4.69, 9.17) is 4.74 Å². The molecule has 4 nitrogen and oxygen atoms in total. The molecule has 1 heterocycles. The van der Waals surface area contributed by atoms with Crippen LogP contribution in [0.3, 0.4) is 0 Å². The minimum atomic E-state index is -0.156. The van der Waals surface area contributed by atoms with Gasteiger partial charge in [0.15, 0.2) is 0 Å². The summed E-state index contributed by atoms with van der Waals surface area (Å²) in [6, 6.07) is 4.06. The number of halogens is 2. The molecule has 2 N–H and O–H groups in total. The molecule has 2 rings (SSSR count). The fourth-order valence-electron chi connectivity index (χ4n) is 2.38. The topological polar surface area (TPSA) is 50.4 Å². The predicted octanol–water partition coefficient (Wildman–Crippen LogP) is 3.47. The lowest BCUT2D eigenvalue weighted by Gasteiger charge is -2.19. The van der Waals surface area contributed by atoms with E-state index in [1.54, 1.807) is 0 Å². The zero-order valence-electron chi connectivity index (χ0n) is 12.2. The van der Waals surface area contributed by atoms with E-state index in [0.29, 0.717) is 13.2 Å². The molecule has 1 aliphatic heterocycles. The van der Waals surface area contributed by atoms with Crippen molar-refractivity contribution < 1.29 is 9.53 Å². The van der Waals surface area contributed by atoms with Gasteiger partial charge in [-0.2, -0.15) is 0 Å². The standard InChI is InChI=1S/C15H20Br2N2O2/c1-3-4-18-13-8-21-7-10(13)15(20)19-14-11(16)5-9(2)6-12(14)17/h5-6,10,13,18H,3-4,7-8H2,1-2H3,(H,19,20). The highest BCUT2D eigenvalue weighted by molar-refractivity contribution is 9.11. The van der Waals surface area contributed by atoms with Crippen molar-refractivity contribution >= 4 is 43.5 Å². The first-order valence-corrected chi connectivity index (χ1v) is 8.69. The van der Waals surface area contributed by atoms with Gasteiger partial charge in [-0.3, -0.25) is 4.79 Å². The summed E-state index contributed by atoms with van der Waals surface area (Å²) in [6.45, 7) is 6.08. The first-order chi connectivity index (χ1) is 10.0. The van der Waals surface area contributed by atoms with E-state index < -0.39 is 0 Å². The van der Waals surface area contributed by atoms with E-state index in [-0.39, 0.29) is 17.9 Å². The molecule has 0 radical (unpaired) electrons. The molecule has 1 aromatic carbocycles. The van der Waals surface area contributed by atoms with E-state index in [1.165, 1.54) is 0 Å². The highest BCUT2D eigenvalue weighted by atomic mass is 79.9. The number of carbonyl (C=O) groups excluding carboxylic acids is 1. The SMILES string of the molecule is CCCNC1COCC1C(=O)Nc1c(Br)cc(C)cc1Br. The molecule has 21 heavy (non-hydrogen) atoms. The number of hydrogen-bond acceptors (Lipinski definition) is 3. The van der Waals surface area contributed by atoms with Gasteiger partial charge in [-0.1, -0.05) is 6.92 Å². The monoisotopic (exact) mass is 418 g/mol. The van der Waals surface area contributed by atoms with Gasteiger partial charge in [0.25, 0.3) is 0 Å². The smallest absolute Gasteiger partial charge is 0.231 e. The molecule has 0 bridgehead atoms. The number of nitrogens with one attached hydrogen (secondary N) is 2. The third-order valence-corrected chi connectivity index (χ3v) is 4.76. The summed E-state index contributed by atoms with van der Waals surface area (Å²) < 4.78 is 7.21. The van der Waals surface area contributed by atoms with E-state index >= 15 is 0 Å². The van der Waals surface area contributed by atoms with Crippen LogP contribution in [0.1, 0.15) is 18.9 Å². The number of anilines is 1. The third-order valence-electron chi connectivity index (χ3n) is 3.51. The maximum Gasteiger partial charge on any atom is 0.231 e. The van der Waals surface area contributed by atoms with Gasteiger partial charge >= 0.3 is 0 Å². The van der Waals surface area contributed by atoms with Crippen molar-refractivity contribution in [3.63, 3.8) is 0 Å². The van der Waals surface area contributed by atoms with E-state index in [2.05, 4.69) is 49.4 Å². The van der Waals surface area contributed by atoms with Gasteiger partial charge in [0.2, 0.25) is 5.91 Å². The molecular weight excluding hydrogens is 400 g/mol. The number of ether oxygens (including phenoxy) is 1. The van der Waals surface area contributed by atoms with Crippen LogP contribution in [0.15, 0.2) is 21.1 Å². The maximum atomic E-state index is 12.5. The number of aryl methyl sites for hydroxylation is 1. The quantitative estimate of drug-likeness (QED) is 0.768. The molecule has 0 saturated carbocycles. The molecule has 1 saturated heterocycles. The van der Waals surface area contributed by atoms with Gasteiger partial charge in [-0.25, -0.2) is 0 Å². The Morgan fingerprint density at radius 1 is 1.33 bits per heavy atom. The Labute approximate surface area is 142 Å². The van der Waals surface area contributed by atoms with Gasteiger partial charge in [0.05, 0.1) is 24.8 Å². The average molecular weight is 420 g/mol. The lowest BCUT2D eigenvalue weighted by molar-refractivity contribution is -0.120. The van der Waals surface area contributed by atoms with Crippen LogP contribution < -0.4 is 10.6 Å². The van der Waals surface area contributed by atoms with Crippen LogP contribution in [0.2, 0.25) is 0 Å². The lowest BCUT2D eigenvalue weighted by atomic mass is 10.0. The number of benzene rings is 1. The number of carbonyl (C=O) groups is 1. The van der Waals surface area contributed by atoms with Crippen molar-refractivity contribution in [3.8, 4) is 0 Å². The highest BCUT2D eigenvalue weighted by Gasteiger charge is 2.34. The van der Waals surface area contributed by atoms with Gasteiger partial charge in [-0.05, 0) is 69.4 Å². The first-order valence-electron chi connectivity index (χ1n) is 7.10. The number of amides is 1. The Bertz CT molecular complexity index is 499. The lowest BCUT2D eigenvalue weighted by Crippen LogP contribution is -2.41. The van der Waals surface area contributed by atoms with Gasteiger partial charge in [0.1, 0.15) is 0 Å². The minimum Gasteiger partial charge on any atom is -0.379 e. The number of hydrogen-bond donors (Lipinski definition) is 2. The predicted molar refractivity (Wildman–Crippen MR) is 91.6 cm³/mol. The molecule has 1 fully saturated rings. The summed E-state index contributed by atoms with van der Waals surface area (Å²) in [6.07, 6.45) is 1.04. The van der Waals surface area contributed by atoms with Crippen LogP contribution >= 0.6 is 31.9 Å². The van der Waals surface area contributed by atoms with Crippen LogP contribution in [-0.2, 0) is 9.53 Å². The van der Waals surface area contributed by atoms with Crippen LogP contribution in [0.5, 0.6) is 0 Å². The highest BCUT2D eigenvalue weighted by Crippen LogP contribution is 2.33. The Balaban J connectivity index is 2.07. The Morgan fingerprint density at radius 3 is 2.62 bits per heavy atom. The molecule has 1 aliphatic rings. The molecule has 0 aromatic heterocycles. The summed E-state index contributed by atoms with van der Waals surface area (Å²) in [7, 11) is 0. The third kappa shape index (κ3) is 4.28. The minimum absolute atomic E-state index is 0.00800. The normalized spacial score (nSPS) is 21.5. The number of rotatable bonds is 5. The van der Waals surface area contributed by atoms with Crippen molar-refractivity contribution in [2.45, 2.75) is 26.3 Å². The Kier molecular flexibility index (Phi) is 6.22. The fourth-order valence-corrected chi connectivity index (χ4v) is 3.99. The Morgan fingerprint density at radius 2 is 2.00 bits per heavy atom. The van der Waals surface area contributed by atoms with Crippen LogP contribution in [-0.4, -0.2) is 31.7 Å². The molecular formula is C15H20Br2N2O2. The summed E-state index contributed by atoms with van der Waals surface area (Å²) >= 11 is 7.00. The second-order valence-corrected chi connectivity index (χ2v) is 7.01. The molecule has 2 unspecified atom stereocenters. The summed E-state index contributed by atoms with van der Waals surface area (Å²) in [5.41, 5.74) is 1.89. The van der Waals surface area contributed by atoms with Crippen molar-refractivity contribution in [1.29, 1.82) is 0 Å². The van der Waals surface area contributed by atoms with Gasteiger partial charge in [-0.15, -0.1) is 0 Å². The van der Waals surface area contributed by atoms with Crippen LogP contribution in [0, 0.1) is 12.8 Å². The second-order valence-electron chi connectivity index (χ2n) is 5.30. The van der Waals surface area contributed by atoms with E-state index in [9.17, 15) is 4.79 Å².